The van der Waals surface area contributed by atoms with Crippen molar-refractivity contribution in [2.45, 2.75) is 44.6 Å². The maximum Gasteiger partial charge on any atom is 0.222 e. The fourth-order valence-corrected chi connectivity index (χ4v) is 4.61. The maximum atomic E-state index is 12.8. The van der Waals surface area contributed by atoms with Crippen LogP contribution in [0.15, 0.2) is 24.3 Å². The summed E-state index contributed by atoms with van der Waals surface area (Å²) in [4.78, 5) is 28.4. The van der Waals surface area contributed by atoms with Crippen LogP contribution < -0.4 is 10.1 Å². The van der Waals surface area contributed by atoms with Gasteiger partial charge in [-0.05, 0) is 61.8 Å². The normalized spacial score (nSPS) is 23.6. The Labute approximate surface area is 174 Å². The molecule has 3 rings (SSSR count). The van der Waals surface area contributed by atoms with Gasteiger partial charge in [-0.15, -0.1) is 0 Å². The number of piperidine rings is 2. The molecule has 0 spiro atoms. The molecule has 1 N–H and O–H groups in total. The van der Waals surface area contributed by atoms with Crippen molar-refractivity contribution in [3.05, 3.63) is 29.8 Å². The van der Waals surface area contributed by atoms with Gasteiger partial charge in [-0.1, -0.05) is 12.1 Å². The first-order valence-electron chi connectivity index (χ1n) is 10.8. The Morgan fingerprint density at radius 2 is 1.93 bits per heavy atom. The van der Waals surface area contributed by atoms with Crippen molar-refractivity contribution in [1.29, 1.82) is 0 Å². The number of ether oxygens (including phenoxy) is 1. The molecule has 1 aromatic carbocycles. The monoisotopic (exact) mass is 401 g/mol. The van der Waals surface area contributed by atoms with Crippen molar-refractivity contribution < 1.29 is 14.3 Å². The summed E-state index contributed by atoms with van der Waals surface area (Å²) in [5, 5.41) is 3.68. The second kappa shape index (κ2) is 10.1. The summed E-state index contributed by atoms with van der Waals surface area (Å²) in [7, 11) is 5.28. The minimum absolute atomic E-state index is 0.192. The number of nitrogens with zero attached hydrogens (tertiary/aromatic N) is 2. The third kappa shape index (κ3) is 5.95. The molecular weight excluding hydrogens is 366 g/mol. The van der Waals surface area contributed by atoms with E-state index in [-0.39, 0.29) is 11.8 Å². The van der Waals surface area contributed by atoms with Crippen molar-refractivity contribution in [2.24, 2.45) is 11.8 Å². The predicted octanol–water partition coefficient (Wildman–Crippen LogP) is 2.32. The van der Waals surface area contributed by atoms with E-state index in [0.29, 0.717) is 30.7 Å². The Kier molecular flexibility index (Phi) is 7.53. The molecule has 160 valence electrons. The summed E-state index contributed by atoms with van der Waals surface area (Å²) in [6.07, 6.45) is 5.03. The number of carbonyl (C=O) groups excluding carboxylic acids is 2. The van der Waals surface area contributed by atoms with Crippen LogP contribution in [-0.4, -0.2) is 68.5 Å². The lowest BCUT2D eigenvalue weighted by Gasteiger charge is -2.46. The molecule has 2 amide bonds. The number of carbonyl (C=O) groups is 2. The molecule has 3 atom stereocenters. The van der Waals surface area contributed by atoms with Crippen LogP contribution >= 0.6 is 0 Å². The fraction of sp³-hybridized carbons (Fsp3) is 0.652. The molecule has 0 saturated carbocycles. The van der Waals surface area contributed by atoms with Gasteiger partial charge in [0.25, 0.3) is 0 Å². The fourth-order valence-electron chi connectivity index (χ4n) is 4.61. The van der Waals surface area contributed by atoms with Crippen molar-refractivity contribution in [1.82, 2.24) is 15.1 Å². The first kappa shape index (κ1) is 21.6. The largest absolute Gasteiger partial charge is 0.497 e. The van der Waals surface area contributed by atoms with E-state index in [1.165, 1.54) is 12.0 Å². The Bertz CT molecular complexity index is 689. The number of likely N-dealkylation sites (tertiary alicyclic amines) is 1. The summed E-state index contributed by atoms with van der Waals surface area (Å²) in [6.45, 7) is 2.69. The second-order valence-electron chi connectivity index (χ2n) is 8.70. The average molecular weight is 402 g/mol. The summed E-state index contributed by atoms with van der Waals surface area (Å²) < 4.78 is 5.19. The van der Waals surface area contributed by atoms with Gasteiger partial charge < -0.3 is 19.9 Å². The van der Waals surface area contributed by atoms with E-state index in [4.69, 9.17) is 4.74 Å². The zero-order valence-corrected chi connectivity index (χ0v) is 18.0. The number of benzene rings is 1. The minimum atomic E-state index is 0.192. The highest BCUT2D eigenvalue weighted by atomic mass is 16.5. The molecule has 2 aliphatic heterocycles. The van der Waals surface area contributed by atoms with Gasteiger partial charge in [0.1, 0.15) is 5.75 Å². The van der Waals surface area contributed by atoms with Crippen LogP contribution in [0.3, 0.4) is 0 Å². The Morgan fingerprint density at radius 1 is 1.17 bits per heavy atom. The van der Waals surface area contributed by atoms with Crippen molar-refractivity contribution >= 4 is 11.8 Å². The third-order valence-electron chi connectivity index (χ3n) is 6.35. The molecule has 1 aromatic rings. The van der Waals surface area contributed by atoms with Crippen LogP contribution in [0.25, 0.3) is 0 Å². The first-order valence-corrected chi connectivity index (χ1v) is 10.8. The molecule has 2 fully saturated rings. The number of hydrogen-bond acceptors (Lipinski definition) is 4. The molecule has 29 heavy (non-hydrogen) atoms. The van der Waals surface area contributed by atoms with Gasteiger partial charge in [0.2, 0.25) is 11.8 Å². The number of methoxy groups -OCH3 is 1. The van der Waals surface area contributed by atoms with E-state index >= 15 is 0 Å². The van der Waals surface area contributed by atoms with Gasteiger partial charge in [-0.25, -0.2) is 0 Å². The molecule has 2 saturated heterocycles. The van der Waals surface area contributed by atoms with E-state index in [1.807, 2.05) is 38.4 Å². The molecule has 6 nitrogen and oxygen atoms in total. The molecule has 0 aromatic heterocycles. The zero-order valence-electron chi connectivity index (χ0n) is 18.0. The Balaban J connectivity index is 1.47. The lowest BCUT2D eigenvalue weighted by molar-refractivity contribution is -0.135. The average Bonchev–Trinajstić information content (AvgIpc) is 2.73. The lowest BCUT2D eigenvalue weighted by atomic mass is 9.79. The molecule has 0 aliphatic carbocycles. The zero-order chi connectivity index (χ0) is 20.8. The second-order valence-corrected chi connectivity index (χ2v) is 8.70. The van der Waals surface area contributed by atoms with Crippen LogP contribution in [-0.2, 0) is 16.0 Å². The molecule has 0 radical (unpaired) electrons. The van der Waals surface area contributed by atoms with E-state index in [9.17, 15) is 9.59 Å². The van der Waals surface area contributed by atoms with E-state index in [0.717, 1.165) is 44.6 Å². The standard InChI is InChI=1S/C23H35N3O3/c1-25(2)22(27)6-4-5-21-19-13-18(14-24-21)15-26(16-19)23(28)12-9-17-7-10-20(29-3)11-8-17/h7-8,10-11,18-19,21,24H,4-6,9,12-16H2,1-3H3/t18?,19?,21-/m1/s1. The highest BCUT2D eigenvalue weighted by Crippen LogP contribution is 2.31. The summed E-state index contributed by atoms with van der Waals surface area (Å²) in [6, 6.07) is 8.38. The number of amides is 2. The van der Waals surface area contributed by atoms with E-state index in [1.54, 1.807) is 12.0 Å². The number of hydrogen-bond donors (Lipinski definition) is 1. The van der Waals surface area contributed by atoms with Crippen LogP contribution in [0.5, 0.6) is 5.75 Å². The highest BCUT2D eigenvalue weighted by Gasteiger charge is 2.37. The van der Waals surface area contributed by atoms with Crippen LogP contribution in [0.4, 0.5) is 0 Å². The number of rotatable bonds is 8. The minimum Gasteiger partial charge on any atom is -0.497 e. The molecule has 2 unspecified atom stereocenters. The lowest BCUT2D eigenvalue weighted by Crippen LogP contribution is -2.57. The summed E-state index contributed by atoms with van der Waals surface area (Å²) in [5.41, 5.74) is 1.17. The number of aryl methyl sites for hydroxylation is 1. The topological polar surface area (TPSA) is 61.9 Å². The third-order valence-corrected chi connectivity index (χ3v) is 6.35. The SMILES string of the molecule is COc1ccc(CCC(=O)N2CC3CN[C@H](CCCC(=O)N(C)C)C(C3)C2)cc1. The highest BCUT2D eigenvalue weighted by molar-refractivity contribution is 5.76. The van der Waals surface area contributed by atoms with Gasteiger partial charge in [-0.3, -0.25) is 9.59 Å². The Morgan fingerprint density at radius 3 is 2.62 bits per heavy atom. The van der Waals surface area contributed by atoms with Crippen LogP contribution in [0.2, 0.25) is 0 Å². The Hall–Kier alpha value is -2.08. The quantitative estimate of drug-likeness (QED) is 0.726. The van der Waals surface area contributed by atoms with Gasteiger partial charge in [-0.2, -0.15) is 0 Å². The van der Waals surface area contributed by atoms with Crippen LogP contribution in [0.1, 0.15) is 37.7 Å². The van der Waals surface area contributed by atoms with Crippen molar-refractivity contribution in [3.8, 4) is 5.75 Å². The van der Waals surface area contributed by atoms with E-state index in [2.05, 4.69) is 10.2 Å². The van der Waals surface area contributed by atoms with Gasteiger partial charge in [0.15, 0.2) is 0 Å². The maximum absolute atomic E-state index is 12.8. The van der Waals surface area contributed by atoms with Crippen molar-refractivity contribution in [3.63, 3.8) is 0 Å². The molecule has 2 heterocycles. The molecule has 2 bridgehead atoms. The van der Waals surface area contributed by atoms with E-state index < -0.39 is 0 Å². The molecule has 2 aliphatic rings. The van der Waals surface area contributed by atoms with Gasteiger partial charge in [0.05, 0.1) is 7.11 Å². The predicted molar refractivity (Wildman–Crippen MR) is 114 cm³/mol. The first-order chi connectivity index (χ1) is 14.0. The summed E-state index contributed by atoms with van der Waals surface area (Å²) >= 11 is 0. The smallest absolute Gasteiger partial charge is 0.222 e. The summed E-state index contributed by atoms with van der Waals surface area (Å²) in [5.74, 6) is 2.35. The number of nitrogens with one attached hydrogen (secondary N) is 1. The van der Waals surface area contributed by atoms with Crippen molar-refractivity contribution in [2.75, 3.05) is 40.8 Å². The number of fused-ring (bicyclic) bond motifs is 2. The van der Waals surface area contributed by atoms with Gasteiger partial charge in [0, 0.05) is 46.1 Å². The van der Waals surface area contributed by atoms with Gasteiger partial charge >= 0.3 is 0 Å². The molecule has 6 heteroatoms. The van der Waals surface area contributed by atoms with Crippen LogP contribution in [0, 0.1) is 11.8 Å². The molecular formula is C23H35N3O3.